The lowest BCUT2D eigenvalue weighted by Gasteiger charge is -2.38. The zero-order valence-electron chi connectivity index (χ0n) is 19.2. The first-order valence-electron chi connectivity index (χ1n) is 11.7. The molecule has 6 rings (SSSR count). The third kappa shape index (κ3) is 3.94. The van der Waals surface area contributed by atoms with E-state index in [1.807, 2.05) is 43.3 Å². The molecule has 1 saturated heterocycles. The fraction of sp³-hybridized carbons (Fsp3) is 0.250. The number of carbonyl (C=O) groups is 1. The van der Waals surface area contributed by atoms with Crippen molar-refractivity contribution >= 4 is 27.7 Å². The van der Waals surface area contributed by atoms with Gasteiger partial charge in [0.2, 0.25) is 0 Å². The van der Waals surface area contributed by atoms with E-state index in [-0.39, 0.29) is 23.1 Å². The topological polar surface area (TPSA) is 66.3 Å². The molecule has 1 aliphatic heterocycles. The minimum Gasteiger partial charge on any atom is -0.481 e. The Kier molecular flexibility index (Phi) is 5.27. The van der Waals surface area contributed by atoms with E-state index in [9.17, 15) is 4.79 Å². The highest BCUT2D eigenvalue weighted by Gasteiger charge is 2.39. The van der Waals surface area contributed by atoms with Gasteiger partial charge >= 0.3 is 5.97 Å². The van der Waals surface area contributed by atoms with E-state index in [0.29, 0.717) is 30.2 Å². The predicted molar refractivity (Wildman–Crippen MR) is 135 cm³/mol. The number of rotatable bonds is 7. The van der Waals surface area contributed by atoms with Gasteiger partial charge in [-0.15, -0.1) is 0 Å². The Bertz CT molecular complexity index is 1450. The monoisotopic (exact) mass is 485 g/mol. The Balaban J connectivity index is 1.22. The molecule has 1 fully saturated rings. The molecule has 1 atom stereocenters. The molecule has 1 N–H and O–H groups in total. The molecule has 4 aromatic rings. The molecule has 0 amide bonds. The highest BCUT2D eigenvalue weighted by atomic mass is 32.1. The number of carboxylic acid groups (broad SMARTS) is 1. The van der Waals surface area contributed by atoms with Crippen molar-refractivity contribution in [2.75, 3.05) is 19.6 Å². The highest BCUT2D eigenvalue weighted by Crippen LogP contribution is 2.45. The number of hydrogen-bond donors (Lipinski definition) is 1. The van der Waals surface area contributed by atoms with Crippen LogP contribution >= 0.6 is 11.3 Å². The number of halogens is 1. The number of nitrogens with zero attached hydrogens (tertiary/aromatic N) is 3. The lowest BCUT2D eigenvalue weighted by molar-refractivity contribution is -0.147. The van der Waals surface area contributed by atoms with Gasteiger partial charge in [0.1, 0.15) is 21.2 Å². The fourth-order valence-electron chi connectivity index (χ4n) is 4.85. The average Bonchev–Trinajstić information content (AvgIpc) is 3.54. The van der Waals surface area contributed by atoms with E-state index in [2.05, 4.69) is 34.2 Å². The van der Waals surface area contributed by atoms with Crippen LogP contribution in [0.2, 0.25) is 0 Å². The Labute approximate surface area is 206 Å². The molecule has 176 valence electrons. The lowest BCUT2D eigenvalue weighted by atomic mass is 9.89. The second kappa shape index (κ2) is 8.36. The van der Waals surface area contributed by atoms with Crippen LogP contribution in [0.15, 0.2) is 72.8 Å². The quantitative estimate of drug-likeness (QED) is 0.352. The molecule has 2 aliphatic rings. The Morgan fingerprint density at radius 2 is 1.91 bits per heavy atom. The van der Waals surface area contributed by atoms with Crippen molar-refractivity contribution in [3.63, 3.8) is 0 Å². The predicted octanol–water partition coefficient (Wildman–Crippen LogP) is 5.47. The minimum atomic E-state index is -0.745. The maximum absolute atomic E-state index is 15.2. The second-order valence-corrected chi connectivity index (χ2v) is 10.5. The molecule has 2 aromatic heterocycles. The molecule has 2 aromatic carbocycles. The number of hydrogen-bond acceptors (Lipinski definition) is 5. The van der Waals surface area contributed by atoms with Gasteiger partial charge in [0.25, 0.3) is 0 Å². The van der Waals surface area contributed by atoms with Gasteiger partial charge in [0, 0.05) is 25.2 Å². The summed E-state index contributed by atoms with van der Waals surface area (Å²) in [7, 11) is 0. The van der Waals surface area contributed by atoms with E-state index in [1.54, 1.807) is 12.1 Å². The lowest BCUT2D eigenvalue weighted by Crippen LogP contribution is -2.51. The van der Waals surface area contributed by atoms with Crippen LogP contribution in [0.5, 0.6) is 0 Å². The molecular formula is C28H24FN3O2S. The SMILES string of the molecule is CC(CN1CC(C(=O)O)C1)c1ccc(-c2nc3ccc(C4(c5ccccc5)C=C4)nc3s2)c(F)c1. The molecule has 0 radical (unpaired) electrons. The fourth-order valence-corrected chi connectivity index (χ4v) is 5.82. The van der Waals surface area contributed by atoms with Gasteiger partial charge in [0.05, 0.1) is 17.0 Å². The van der Waals surface area contributed by atoms with Crippen LogP contribution < -0.4 is 0 Å². The third-order valence-electron chi connectivity index (χ3n) is 7.06. The van der Waals surface area contributed by atoms with Gasteiger partial charge in [0.15, 0.2) is 0 Å². The number of carboxylic acids is 1. The molecule has 3 heterocycles. The smallest absolute Gasteiger partial charge is 0.309 e. The highest BCUT2D eigenvalue weighted by molar-refractivity contribution is 7.21. The van der Waals surface area contributed by atoms with E-state index in [0.717, 1.165) is 21.6 Å². The normalized spacial score (nSPS) is 17.9. The third-order valence-corrected chi connectivity index (χ3v) is 8.06. The zero-order chi connectivity index (χ0) is 24.2. The van der Waals surface area contributed by atoms with Crippen molar-refractivity contribution in [3.8, 4) is 10.6 Å². The van der Waals surface area contributed by atoms with Crippen LogP contribution in [0.1, 0.15) is 29.7 Å². The summed E-state index contributed by atoms with van der Waals surface area (Å²) in [5, 5.41) is 9.67. The van der Waals surface area contributed by atoms with Crippen LogP contribution in [0, 0.1) is 11.7 Å². The van der Waals surface area contributed by atoms with Gasteiger partial charge in [-0.05, 0) is 41.3 Å². The number of aromatic nitrogens is 2. The average molecular weight is 486 g/mol. The van der Waals surface area contributed by atoms with Gasteiger partial charge in [-0.1, -0.05) is 66.8 Å². The summed E-state index contributed by atoms with van der Waals surface area (Å²) in [6.45, 7) is 3.87. The minimum absolute atomic E-state index is 0.105. The van der Waals surface area contributed by atoms with Crippen molar-refractivity contribution in [1.29, 1.82) is 0 Å². The van der Waals surface area contributed by atoms with Crippen molar-refractivity contribution in [2.45, 2.75) is 18.3 Å². The number of allylic oxidation sites excluding steroid dienone is 2. The van der Waals surface area contributed by atoms with Crippen LogP contribution in [0.3, 0.4) is 0 Å². The maximum atomic E-state index is 15.2. The first-order valence-corrected chi connectivity index (χ1v) is 12.5. The van der Waals surface area contributed by atoms with Crippen LogP contribution in [-0.4, -0.2) is 45.6 Å². The van der Waals surface area contributed by atoms with Crippen LogP contribution in [0.4, 0.5) is 4.39 Å². The summed E-state index contributed by atoms with van der Waals surface area (Å²) in [6, 6.07) is 19.6. The molecular weight excluding hydrogens is 461 g/mol. The summed E-state index contributed by atoms with van der Waals surface area (Å²) in [4.78, 5) is 23.5. The first-order chi connectivity index (χ1) is 16.9. The van der Waals surface area contributed by atoms with Crippen LogP contribution in [0.25, 0.3) is 20.9 Å². The van der Waals surface area contributed by atoms with E-state index in [4.69, 9.17) is 10.1 Å². The number of likely N-dealkylation sites (tertiary alicyclic amines) is 1. The molecule has 0 spiro atoms. The summed E-state index contributed by atoms with van der Waals surface area (Å²) in [5.74, 6) is -1.23. The molecule has 1 unspecified atom stereocenters. The van der Waals surface area contributed by atoms with Crippen molar-refractivity contribution in [1.82, 2.24) is 14.9 Å². The second-order valence-electron chi connectivity index (χ2n) is 9.50. The van der Waals surface area contributed by atoms with Crippen LogP contribution in [-0.2, 0) is 10.2 Å². The van der Waals surface area contributed by atoms with Gasteiger partial charge in [-0.2, -0.15) is 0 Å². The van der Waals surface area contributed by atoms with Gasteiger partial charge in [-0.25, -0.2) is 14.4 Å². The summed E-state index contributed by atoms with van der Waals surface area (Å²) >= 11 is 1.40. The number of pyridine rings is 1. The molecule has 0 saturated carbocycles. The Morgan fingerprint density at radius 3 is 2.60 bits per heavy atom. The number of thiazole rings is 1. The molecule has 5 nitrogen and oxygen atoms in total. The zero-order valence-corrected chi connectivity index (χ0v) is 20.0. The summed E-state index contributed by atoms with van der Waals surface area (Å²) < 4.78 is 15.2. The summed E-state index contributed by atoms with van der Waals surface area (Å²) in [6.07, 6.45) is 4.31. The standard InChI is InChI=1S/C28H24FN3O2S/c1-17(14-32-15-19(16-32)27(33)34)18-7-8-21(22(29)13-18)25-30-23-9-10-24(31-26(23)35-25)28(11-12-28)20-5-3-2-4-6-20/h2-13,17,19H,14-16H2,1H3,(H,33,34). The van der Waals surface area contributed by atoms with E-state index < -0.39 is 5.97 Å². The van der Waals surface area contributed by atoms with Gasteiger partial charge in [-0.3, -0.25) is 4.79 Å². The van der Waals surface area contributed by atoms with Gasteiger partial charge < -0.3 is 10.0 Å². The molecule has 7 heteroatoms. The van der Waals surface area contributed by atoms with Crippen molar-refractivity contribution in [2.24, 2.45) is 5.92 Å². The Hall–Kier alpha value is -3.42. The Morgan fingerprint density at radius 1 is 1.14 bits per heavy atom. The van der Waals surface area contributed by atoms with E-state index >= 15 is 4.39 Å². The number of aliphatic carboxylic acids is 1. The number of benzene rings is 2. The molecule has 35 heavy (non-hydrogen) atoms. The van der Waals surface area contributed by atoms with Crippen molar-refractivity contribution < 1.29 is 14.3 Å². The number of fused-ring (bicyclic) bond motifs is 1. The van der Waals surface area contributed by atoms with E-state index in [1.165, 1.54) is 16.9 Å². The summed E-state index contributed by atoms with van der Waals surface area (Å²) in [5.41, 5.74) is 4.01. The van der Waals surface area contributed by atoms with Crippen molar-refractivity contribution in [3.05, 3.63) is 95.5 Å². The maximum Gasteiger partial charge on any atom is 0.309 e. The molecule has 1 aliphatic carbocycles. The largest absolute Gasteiger partial charge is 0.481 e. The first kappa shape index (κ1) is 22.1. The molecule has 0 bridgehead atoms.